The van der Waals surface area contributed by atoms with Crippen LogP contribution >= 0.6 is 0 Å². The molecule has 0 saturated heterocycles. The average Bonchev–Trinajstić information content (AvgIpc) is 3.05. The van der Waals surface area contributed by atoms with E-state index in [9.17, 15) is 18.0 Å². The van der Waals surface area contributed by atoms with Crippen LogP contribution in [0.5, 0.6) is 5.75 Å². The Balaban J connectivity index is 1.84. The maximum atomic E-state index is 12.8. The number of carbonyl (C=O) groups excluding carboxylic acids is 1. The van der Waals surface area contributed by atoms with E-state index in [-0.39, 0.29) is 11.4 Å². The number of aromatic nitrogens is 2. The Labute approximate surface area is 168 Å². The molecule has 0 saturated carbocycles. The van der Waals surface area contributed by atoms with E-state index in [1.807, 2.05) is 6.92 Å². The second kappa shape index (κ2) is 7.96. The number of para-hydroxylation sites is 2. The summed E-state index contributed by atoms with van der Waals surface area (Å²) in [7, 11) is -2.58. The summed E-state index contributed by atoms with van der Waals surface area (Å²) in [6, 6.07) is 11.5. The Bertz CT molecular complexity index is 1220. The van der Waals surface area contributed by atoms with Gasteiger partial charge >= 0.3 is 5.69 Å². The van der Waals surface area contributed by atoms with Crippen molar-refractivity contribution >= 4 is 21.6 Å². The third kappa shape index (κ3) is 4.09. The lowest BCUT2D eigenvalue weighted by Crippen LogP contribution is -2.32. The lowest BCUT2D eigenvalue weighted by atomic mass is 10.1. The van der Waals surface area contributed by atoms with Crippen LogP contribution in [0.4, 0.5) is 5.69 Å². The Morgan fingerprint density at radius 3 is 2.48 bits per heavy atom. The van der Waals surface area contributed by atoms with Crippen LogP contribution in [0.25, 0.3) is 0 Å². The van der Waals surface area contributed by atoms with Crippen LogP contribution in [0.3, 0.4) is 0 Å². The molecule has 29 heavy (non-hydrogen) atoms. The third-order valence-corrected chi connectivity index (χ3v) is 6.19. The largest absolute Gasteiger partial charge is 0.495 e. The summed E-state index contributed by atoms with van der Waals surface area (Å²) < 4.78 is 32.5. The standard InChI is InChI=1S/C20H21N3O5S/c1-14-8-9-16(12-15(14)2)29(26,27)23-11-10-22(20(23)25)13-19(24)21-17-6-4-5-7-18(17)28-3/h4-12H,13H2,1-3H3,(H,21,24). The molecule has 0 radical (unpaired) electrons. The number of hydrogen-bond acceptors (Lipinski definition) is 5. The molecular weight excluding hydrogens is 394 g/mol. The second-order valence-electron chi connectivity index (χ2n) is 6.50. The molecule has 0 unspecified atom stereocenters. The highest BCUT2D eigenvalue weighted by Crippen LogP contribution is 2.23. The number of anilines is 1. The molecule has 1 heterocycles. The molecule has 3 rings (SSSR count). The third-order valence-electron chi connectivity index (χ3n) is 4.55. The molecule has 1 amide bonds. The lowest BCUT2D eigenvalue weighted by molar-refractivity contribution is -0.116. The molecule has 0 atom stereocenters. The van der Waals surface area contributed by atoms with Gasteiger partial charge < -0.3 is 10.1 Å². The number of amides is 1. The van der Waals surface area contributed by atoms with Gasteiger partial charge in [-0.15, -0.1) is 0 Å². The zero-order valence-corrected chi connectivity index (χ0v) is 17.1. The minimum atomic E-state index is -4.06. The number of nitrogens with zero attached hydrogens (tertiary/aromatic N) is 2. The van der Waals surface area contributed by atoms with Crippen LogP contribution in [0.15, 0.2) is 64.5 Å². The Hall–Kier alpha value is -3.33. The first-order valence-corrected chi connectivity index (χ1v) is 10.2. The normalized spacial score (nSPS) is 11.3. The van der Waals surface area contributed by atoms with Gasteiger partial charge in [-0.2, -0.15) is 3.97 Å². The summed E-state index contributed by atoms with van der Waals surface area (Å²) in [4.78, 5) is 24.9. The molecule has 1 N–H and O–H groups in total. The van der Waals surface area contributed by atoms with E-state index in [0.29, 0.717) is 15.4 Å². The SMILES string of the molecule is COc1ccccc1NC(=O)Cn1ccn(S(=O)(=O)c2ccc(C)c(C)c2)c1=O. The molecule has 8 nitrogen and oxygen atoms in total. The van der Waals surface area contributed by atoms with E-state index in [4.69, 9.17) is 4.74 Å². The Kier molecular flexibility index (Phi) is 5.60. The van der Waals surface area contributed by atoms with Crippen LogP contribution in [0.1, 0.15) is 11.1 Å². The van der Waals surface area contributed by atoms with Crippen molar-refractivity contribution in [1.82, 2.24) is 8.54 Å². The molecule has 0 bridgehead atoms. The van der Waals surface area contributed by atoms with Crippen LogP contribution in [0, 0.1) is 13.8 Å². The quantitative estimate of drug-likeness (QED) is 0.665. The van der Waals surface area contributed by atoms with Gasteiger partial charge in [0.1, 0.15) is 12.3 Å². The predicted molar refractivity (Wildman–Crippen MR) is 109 cm³/mol. The average molecular weight is 415 g/mol. The highest BCUT2D eigenvalue weighted by atomic mass is 32.2. The summed E-state index contributed by atoms with van der Waals surface area (Å²) in [6.45, 7) is 3.32. The van der Waals surface area contributed by atoms with Crippen LogP contribution in [-0.2, 0) is 21.4 Å². The van der Waals surface area contributed by atoms with Gasteiger partial charge in [0.15, 0.2) is 0 Å². The number of imidazole rings is 1. The molecule has 1 aromatic heterocycles. The van der Waals surface area contributed by atoms with Gasteiger partial charge in [-0.25, -0.2) is 13.2 Å². The van der Waals surface area contributed by atoms with Crippen molar-refractivity contribution in [3.05, 3.63) is 76.5 Å². The van der Waals surface area contributed by atoms with Gasteiger partial charge in [0.2, 0.25) is 5.91 Å². The number of carbonyl (C=O) groups is 1. The van der Waals surface area contributed by atoms with Gasteiger partial charge in [-0.05, 0) is 49.2 Å². The van der Waals surface area contributed by atoms with Crippen molar-refractivity contribution < 1.29 is 17.9 Å². The molecule has 3 aromatic rings. The molecule has 9 heteroatoms. The van der Waals surface area contributed by atoms with Crippen molar-refractivity contribution in [3.8, 4) is 5.75 Å². The van der Waals surface area contributed by atoms with E-state index in [1.54, 1.807) is 37.3 Å². The second-order valence-corrected chi connectivity index (χ2v) is 8.32. The fourth-order valence-corrected chi connectivity index (χ4v) is 4.10. The number of benzene rings is 2. The monoisotopic (exact) mass is 415 g/mol. The van der Waals surface area contributed by atoms with Gasteiger partial charge in [0, 0.05) is 12.4 Å². The summed E-state index contributed by atoms with van der Waals surface area (Å²) in [5, 5.41) is 2.65. The van der Waals surface area contributed by atoms with Gasteiger partial charge in [-0.3, -0.25) is 9.36 Å². The number of nitrogens with one attached hydrogen (secondary N) is 1. The molecule has 0 spiro atoms. The first-order valence-electron chi connectivity index (χ1n) is 8.77. The molecule has 2 aromatic carbocycles. The zero-order valence-electron chi connectivity index (χ0n) is 16.2. The van der Waals surface area contributed by atoms with E-state index in [0.717, 1.165) is 21.9 Å². The van der Waals surface area contributed by atoms with Crippen molar-refractivity contribution in [3.63, 3.8) is 0 Å². The fraction of sp³-hybridized carbons (Fsp3) is 0.200. The minimum Gasteiger partial charge on any atom is -0.495 e. The van der Waals surface area contributed by atoms with Crippen molar-refractivity contribution in [2.45, 2.75) is 25.3 Å². The van der Waals surface area contributed by atoms with E-state index in [2.05, 4.69) is 5.32 Å². The summed E-state index contributed by atoms with van der Waals surface area (Å²) in [5.41, 5.74) is 1.38. The number of hydrogen-bond donors (Lipinski definition) is 1. The first kappa shape index (κ1) is 20.4. The molecule has 0 aliphatic carbocycles. The predicted octanol–water partition coefficient (Wildman–Crippen LogP) is 2.15. The van der Waals surface area contributed by atoms with E-state index >= 15 is 0 Å². The molecule has 0 aliphatic heterocycles. The van der Waals surface area contributed by atoms with Crippen molar-refractivity contribution in [1.29, 1.82) is 0 Å². The summed E-state index contributed by atoms with van der Waals surface area (Å²) >= 11 is 0. The van der Waals surface area contributed by atoms with Crippen molar-refractivity contribution in [2.75, 3.05) is 12.4 Å². The number of aryl methyl sites for hydroxylation is 2. The zero-order chi connectivity index (χ0) is 21.2. The van der Waals surface area contributed by atoms with E-state index in [1.165, 1.54) is 25.4 Å². The van der Waals surface area contributed by atoms with Crippen LogP contribution < -0.4 is 15.7 Å². The first-order chi connectivity index (χ1) is 13.7. The van der Waals surface area contributed by atoms with Crippen LogP contribution in [0.2, 0.25) is 0 Å². The molecule has 0 aliphatic rings. The lowest BCUT2D eigenvalue weighted by Gasteiger charge is -2.10. The highest BCUT2D eigenvalue weighted by molar-refractivity contribution is 7.90. The molecular formula is C20H21N3O5S. The van der Waals surface area contributed by atoms with E-state index < -0.39 is 21.6 Å². The number of ether oxygens (including phenoxy) is 1. The number of methoxy groups -OCH3 is 1. The summed E-state index contributed by atoms with van der Waals surface area (Å²) in [5.74, 6) is -0.0129. The topological polar surface area (TPSA) is 99.4 Å². The van der Waals surface area contributed by atoms with Gasteiger partial charge in [0.05, 0.1) is 17.7 Å². The summed E-state index contributed by atoms with van der Waals surface area (Å²) in [6.07, 6.45) is 2.41. The fourth-order valence-electron chi connectivity index (χ4n) is 2.78. The highest BCUT2D eigenvalue weighted by Gasteiger charge is 2.21. The Morgan fingerprint density at radius 1 is 1.07 bits per heavy atom. The van der Waals surface area contributed by atoms with Crippen molar-refractivity contribution in [2.24, 2.45) is 0 Å². The number of rotatable bonds is 6. The van der Waals surface area contributed by atoms with Gasteiger partial charge in [0.25, 0.3) is 10.0 Å². The Morgan fingerprint density at radius 2 is 1.79 bits per heavy atom. The molecule has 0 fully saturated rings. The van der Waals surface area contributed by atoms with Crippen LogP contribution in [-0.4, -0.2) is 30.0 Å². The maximum absolute atomic E-state index is 12.8. The minimum absolute atomic E-state index is 0.0129. The smallest absolute Gasteiger partial charge is 0.342 e. The molecule has 152 valence electrons. The maximum Gasteiger partial charge on any atom is 0.342 e. The van der Waals surface area contributed by atoms with Gasteiger partial charge in [-0.1, -0.05) is 18.2 Å².